The van der Waals surface area contributed by atoms with Crippen molar-refractivity contribution < 1.29 is 9.53 Å². The Hall–Kier alpha value is -1.40. The van der Waals surface area contributed by atoms with Crippen molar-refractivity contribution in [3.63, 3.8) is 0 Å². The van der Waals surface area contributed by atoms with Crippen LogP contribution >= 0.6 is 0 Å². The standard InChI is InChI=1S/C17H28N4O2/c1-13-7-16(19(3)18-13)10-20-6-5-17(12-23-4)11-21(14(2)22)9-15(17)8-20/h7,15H,5-6,8-12H2,1-4H3/t15-,17+/m1/s1. The number of likely N-dealkylation sites (tertiary alicyclic amines) is 2. The molecule has 3 heterocycles. The molecule has 0 aliphatic carbocycles. The Labute approximate surface area is 138 Å². The highest BCUT2D eigenvalue weighted by Crippen LogP contribution is 2.43. The van der Waals surface area contributed by atoms with Gasteiger partial charge in [-0.1, -0.05) is 0 Å². The van der Waals surface area contributed by atoms with Crippen LogP contribution in [0.5, 0.6) is 0 Å². The normalized spacial score (nSPS) is 28.2. The number of carbonyl (C=O) groups is 1. The summed E-state index contributed by atoms with van der Waals surface area (Å²) in [5.41, 5.74) is 2.46. The zero-order chi connectivity index (χ0) is 16.6. The molecule has 2 atom stereocenters. The van der Waals surface area contributed by atoms with Crippen molar-refractivity contribution in [2.24, 2.45) is 18.4 Å². The Morgan fingerprint density at radius 3 is 2.87 bits per heavy atom. The van der Waals surface area contributed by atoms with E-state index in [2.05, 4.69) is 16.1 Å². The molecule has 1 aromatic rings. The SMILES string of the molecule is COC[C@@]12CCN(Cc3cc(C)nn3C)C[C@@H]1CN(C(C)=O)C2. The Morgan fingerprint density at radius 2 is 2.26 bits per heavy atom. The topological polar surface area (TPSA) is 50.6 Å². The highest BCUT2D eigenvalue weighted by molar-refractivity contribution is 5.73. The van der Waals surface area contributed by atoms with Gasteiger partial charge in [-0.2, -0.15) is 5.10 Å². The average Bonchev–Trinajstić information content (AvgIpc) is 3.00. The van der Waals surface area contributed by atoms with Crippen molar-refractivity contribution in [2.75, 3.05) is 39.9 Å². The van der Waals surface area contributed by atoms with Crippen molar-refractivity contribution in [3.05, 3.63) is 17.5 Å². The molecular weight excluding hydrogens is 292 g/mol. The molecule has 2 saturated heterocycles. The van der Waals surface area contributed by atoms with Gasteiger partial charge in [0.1, 0.15) is 0 Å². The molecule has 1 aromatic heterocycles. The van der Waals surface area contributed by atoms with Crippen LogP contribution < -0.4 is 0 Å². The molecule has 1 amide bonds. The highest BCUT2D eigenvalue weighted by Gasteiger charge is 2.50. The predicted octanol–water partition coefficient (Wildman–Crippen LogP) is 1.05. The van der Waals surface area contributed by atoms with Crippen LogP contribution in [0.1, 0.15) is 24.7 Å². The Balaban J connectivity index is 1.71. The van der Waals surface area contributed by atoms with Gasteiger partial charge in [0, 0.05) is 52.7 Å². The summed E-state index contributed by atoms with van der Waals surface area (Å²) in [6.45, 7) is 9.17. The number of aryl methyl sites for hydroxylation is 2. The summed E-state index contributed by atoms with van der Waals surface area (Å²) in [6, 6.07) is 2.16. The summed E-state index contributed by atoms with van der Waals surface area (Å²) < 4.78 is 7.49. The summed E-state index contributed by atoms with van der Waals surface area (Å²) in [5.74, 6) is 0.679. The van der Waals surface area contributed by atoms with Crippen molar-refractivity contribution in [3.8, 4) is 0 Å². The molecule has 0 saturated carbocycles. The minimum absolute atomic E-state index is 0.138. The summed E-state index contributed by atoms with van der Waals surface area (Å²) >= 11 is 0. The number of fused-ring (bicyclic) bond motifs is 1. The summed E-state index contributed by atoms with van der Waals surface area (Å²) in [5, 5.41) is 4.44. The van der Waals surface area contributed by atoms with Crippen molar-refractivity contribution in [1.29, 1.82) is 0 Å². The second-order valence-corrected chi connectivity index (χ2v) is 7.28. The van der Waals surface area contributed by atoms with Crippen molar-refractivity contribution in [2.45, 2.75) is 26.8 Å². The van der Waals surface area contributed by atoms with Crippen LogP contribution in [0, 0.1) is 18.3 Å². The molecule has 2 aliphatic heterocycles. The number of aromatic nitrogens is 2. The summed E-state index contributed by atoms with van der Waals surface area (Å²) in [7, 11) is 3.78. The van der Waals surface area contributed by atoms with Crippen molar-refractivity contribution in [1.82, 2.24) is 19.6 Å². The summed E-state index contributed by atoms with van der Waals surface area (Å²) in [6.07, 6.45) is 1.09. The number of carbonyl (C=O) groups excluding carboxylic acids is 1. The number of rotatable bonds is 4. The van der Waals surface area contributed by atoms with E-state index in [1.807, 2.05) is 23.6 Å². The largest absolute Gasteiger partial charge is 0.384 e. The molecular formula is C17H28N4O2. The Kier molecular flexibility index (Phi) is 4.47. The first-order chi connectivity index (χ1) is 10.9. The third-order valence-electron chi connectivity index (χ3n) is 5.58. The van der Waals surface area contributed by atoms with Crippen LogP contribution in [-0.2, 0) is 23.1 Å². The number of ether oxygens (including phenoxy) is 1. The molecule has 23 heavy (non-hydrogen) atoms. The van der Waals surface area contributed by atoms with Gasteiger partial charge in [-0.05, 0) is 31.9 Å². The Bertz CT molecular complexity index is 585. The third kappa shape index (κ3) is 3.15. The molecule has 0 N–H and O–H groups in total. The van der Waals surface area contributed by atoms with Crippen LogP contribution in [0.25, 0.3) is 0 Å². The lowest BCUT2D eigenvalue weighted by atomic mass is 9.73. The predicted molar refractivity (Wildman–Crippen MR) is 87.9 cm³/mol. The minimum Gasteiger partial charge on any atom is -0.384 e. The fourth-order valence-electron chi connectivity index (χ4n) is 4.30. The average molecular weight is 320 g/mol. The van der Waals surface area contributed by atoms with Crippen LogP contribution in [-0.4, -0.2) is 65.4 Å². The molecule has 128 valence electrons. The lowest BCUT2D eigenvalue weighted by molar-refractivity contribution is -0.128. The van der Waals surface area contributed by atoms with Gasteiger partial charge in [0.2, 0.25) is 5.91 Å². The zero-order valence-corrected chi connectivity index (χ0v) is 14.7. The van der Waals surface area contributed by atoms with Crippen LogP contribution in [0.3, 0.4) is 0 Å². The quantitative estimate of drug-likeness (QED) is 0.832. The van der Waals surface area contributed by atoms with Gasteiger partial charge in [-0.15, -0.1) is 0 Å². The monoisotopic (exact) mass is 320 g/mol. The maximum atomic E-state index is 11.8. The molecule has 0 spiro atoms. The molecule has 0 aromatic carbocycles. The lowest BCUT2D eigenvalue weighted by Crippen LogP contribution is -2.48. The highest BCUT2D eigenvalue weighted by atomic mass is 16.5. The van der Waals surface area contributed by atoms with Gasteiger partial charge in [-0.3, -0.25) is 14.4 Å². The number of piperidine rings is 1. The van der Waals surface area contributed by atoms with Crippen LogP contribution in [0.2, 0.25) is 0 Å². The molecule has 0 bridgehead atoms. The van der Waals surface area contributed by atoms with Gasteiger partial charge >= 0.3 is 0 Å². The van der Waals surface area contributed by atoms with E-state index in [-0.39, 0.29) is 11.3 Å². The number of nitrogens with zero attached hydrogens (tertiary/aromatic N) is 4. The molecule has 2 aliphatic rings. The maximum absolute atomic E-state index is 11.8. The smallest absolute Gasteiger partial charge is 0.219 e. The molecule has 2 fully saturated rings. The first-order valence-electron chi connectivity index (χ1n) is 8.40. The van der Waals surface area contributed by atoms with Gasteiger partial charge < -0.3 is 9.64 Å². The van der Waals surface area contributed by atoms with Crippen molar-refractivity contribution >= 4 is 5.91 Å². The van der Waals surface area contributed by atoms with E-state index in [1.165, 1.54) is 5.69 Å². The second kappa shape index (κ2) is 6.24. The van der Waals surface area contributed by atoms with E-state index in [0.29, 0.717) is 5.92 Å². The fourth-order valence-corrected chi connectivity index (χ4v) is 4.30. The number of hydrogen-bond donors (Lipinski definition) is 0. The fraction of sp³-hybridized carbons (Fsp3) is 0.765. The van der Waals surface area contributed by atoms with E-state index < -0.39 is 0 Å². The van der Waals surface area contributed by atoms with E-state index in [0.717, 1.165) is 51.4 Å². The number of amides is 1. The molecule has 6 nitrogen and oxygen atoms in total. The maximum Gasteiger partial charge on any atom is 0.219 e. The van der Waals surface area contributed by atoms with E-state index in [4.69, 9.17) is 4.74 Å². The van der Waals surface area contributed by atoms with E-state index in [9.17, 15) is 4.79 Å². The van der Waals surface area contributed by atoms with Gasteiger partial charge in [-0.25, -0.2) is 0 Å². The molecule has 0 radical (unpaired) electrons. The zero-order valence-electron chi connectivity index (χ0n) is 14.7. The first kappa shape index (κ1) is 16.5. The Morgan fingerprint density at radius 1 is 1.48 bits per heavy atom. The third-order valence-corrected chi connectivity index (χ3v) is 5.58. The second-order valence-electron chi connectivity index (χ2n) is 7.28. The molecule has 3 rings (SSSR count). The minimum atomic E-state index is 0.138. The van der Waals surface area contributed by atoms with Crippen LogP contribution in [0.15, 0.2) is 6.07 Å². The number of hydrogen-bond acceptors (Lipinski definition) is 4. The molecule has 6 heteroatoms. The van der Waals surface area contributed by atoms with E-state index >= 15 is 0 Å². The lowest BCUT2D eigenvalue weighted by Gasteiger charge is -2.43. The van der Waals surface area contributed by atoms with Gasteiger partial charge in [0.25, 0.3) is 0 Å². The summed E-state index contributed by atoms with van der Waals surface area (Å²) in [4.78, 5) is 16.3. The van der Waals surface area contributed by atoms with Crippen LogP contribution in [0.4, 0.5) is 0 Å². The van der Waals surface area contributed by atoms with Gasteiger partial charge in [0.05, 0.1) is 18.0 Å². The van der Waals surface area contributed by atoms with E-state index in [1.54, 1.807) is 14.0 Å². The van der Waals surface area contributed by atoms with Gasteiger partial charge in [0.15, 0.2) is 0 Å². The number of methoxy groups -OCH3 is 1. The molecule has 0 unspecified atom stereocenters. The first-order valence-corrected chi connectivity index (χ1v) is 8.40.